The highest BCUT2D eigenvalue weighted by Crippen LogP contribution is 2.43. The molecule has 3 rings (SSSR count). The summed E-state index contributed by atoms with van der Waals surface area (Å²) in [5, 5.41) is 6.79. The van der Waals surface area contributed by atoms with Crippen LogP contribution in [0.4, 0.5) is 11.6 Å². The second-order valence-corrected chi connectivity index (χ2v) is 7.30. The molecule has 1 aromatic rings. The molecule has 2 N–H and O–H groups in total. The molecule has 0 saturated heterocycles. The number of rotatable bonds is 6. The van der Waals surface area contributed by atoms with Crippen LogP contribution in [0.25, 0.3) is 0 Å². The number of hydrogen-bond acceptors (Lipinski definition) is 5. The zero-order chi connectivity index (χ0) is 14.2. The van der Waals surface area contributed by atoms with Crippen molar-refractivity contribution in [3.63, 3.8) is 0 Å². The van der Waals surface area contributed by atoms with Gasteiger partial charge in [-0.1, -0.05) is 6.42 Å². The molecular formula is C15H24N4S. The fourth-order valence-corrected chi connectivity index (χ4v) is 3.66. The predicted octanol–water partition coefficient (Wildman–Crippen LogP) is 3.40. The van der Waals surface area contributed by atoms with E-state index in [2.05, 4.69) is 28.8 Å². The predicted molar refractivity (Wildman–Crippen MR) is 86.9 cm³/mol. The first-order valence-electron chi connectivity index (χ1n) is 7.53. The third-order valence-corrected chi connectivity index (χ3v) is 6.04. The summed E-state index contributed by atoms with van der Waals surface area (Å²) in [6.07, 6.45) is 8.70. The van der Waals surface area contributed by atoms with E-state index in [1.165, 1.54) is 32.1 Å². The molecular weight excluding hydrogens is 268 g/mol. The van der Waals surface area contributed by atoms with Gasteiger partial charge in [0.15, 0.2) is 0 Å². The van der Waals surface area contributed by atoms with Gasteiger partial charge in [0.25, 0.3) is 0 Å². The average molecular weight is 292 g/mol. The zero-order valence-corrected chi connectivity index (χ0v) is 13.4. The number of hydrogen-bond donors (Lipinski definition) is 2. The van der Waals surface area contributed by atoms with E-state index in [9.17, 15) is 0 Å². The van der Waals surface area contributed by atoms with Crippen LogP contribution in [0.5, 0.6) is 0 Å². The van der Waals surface area contributed by atoms with Crippen molar-refractivity contribution in [2.45, 2.75) is 49.7 Å². The Bertz CT molecular complexity index is 489. The first kappa shape index (κ1) is 14.0. The fraction of sp³-hybridized carbons (Fsp3) is 0.733. The SMILES string of the molecule is CNc1nc(C2CC2)nc(NCC2(SC)CCC2)c1C. The van der Waals surface area contributed by atoms with Gasteiger partial charge in [0, 0.05) is 29.8 Å². The lowest BCUT2D eigenvalue weighted by atomic mass is 9.84. The van der Waals surface area contributed by atoms with E-state index < -0.39 is 0 Å². The van der Waals surface area contributed by atoms with Gasteiger partial charge in [-0.3, -0.25) is 0 Å². The van der Waals surface area contributed by atoms with Gasteiger partial charge in [-0.15, -0.1) is 0 Å². The van der Waals surface area contributed by atoms with Gasteiger partial charge in [0.05, 0.1) is 0 Å². The summed E-state index contributed by atoms with van der Waals surface area (Å²) in [7, 11) is 1.94. The van der Waals surface area contributed by atoms with Gasteiger partial charge >= 0.3 is 0 Å². The highest BCUT2D eigenvalue weighted by Gasteiger charge is 2.36. The minimum absolute atomic E-state index is 0.428. The largest absolute Gasteiger partial charge is 0.373 e. The molecule has 2 aliphatic carbocycles. The maximum atomic E-state index is 4.77. The lowest BCUT2D eigenvalue weighted by Gasteiger charge is -2.40. The van der Waals surface area contributed by atoms with Crippen molar-refractivity contribution < 1.29 is 0 Å². The van der Waals surface area contributed by atoms with Crippen molar-refractivity contribution in [3.05, 3.63) is 11.4 Å². The molecule has 0 unspecified atom stereocenters. The van der Waals surface area contributed by atoms with E-state index in [1.807, 2.05) is 18.8 Å². The standard InChI is InChI=1S/C15H24N4S/c1-10-12(16-2)18-14(11-5-6-11)19-13(10)17-9-15(20-3)7-4-8-15/h11H,4-9H2,1-3H3,(H2,16,17,18,19). The van der Waals surface area contributed by atoms with Crippen molar-refractivity contribution in [3.8, 4) is 0 Å². The summed E-state index contributed by atoms with van der Waals surface area (Å²) in [6.45, 7) is 3.11. The Balaban J connectivity index is 1.78. The van der Waals surface area contributed by atoms with Crippen molar-refractivity contribution in [2.24, 2.45) is 0 Å². The summed E-state index contributed by atoms with van der Waals surface area (Å²) >= 11 is 2.00. The smallest absolute Gasteiger partial charge is 0.136 e. The summed E-state index contributed by atoms with van der Waals surface area (Å²) < 4.78 is 0.428. The fourth-order valence-electron chi connectivity index (χ4n) is 2.74. The topological polar surface area (TPSA) is 49.8 Å². The Hall–Kier alpha value is -0.970. The number of nitrogens with zero attached hydrogens (tertiary/aromatic N) is 2. The summed E-state index contributed by atoms with van der Waals surface area (Å²) in [5.41, 5.74) is 1.13. The maximum absolute atomic E-state index is 4.77. The van der Waals surface area contributed by atoms with E-state index in [-0.39, 0.29) is 0 Å². The van der Waals surface area contributed by atoms with E-state index >= 15 is 0 Å². The quantitative estimate of drug-likeness (QED) is 0.841. The van der Waals surface area contributed by atoms with Crippen LogP contribution in [0.2, 0.25) is 0 Å². The van der Waals surface area contributed by atoms with E-state index in [0.717, 1.165) is 29.6 Å². The monoisotopic (exact) mass is 292 g/mol. The Labute approximate surface area is 125 Å². The molecule has 2 fully saturated rings. The third-order valence-electron chi connectivity index (χ3n) is 4.62. The summed E-state index contributed by atoms with van der Waals surface area (Å²) in [4.78, 5) is 9.41. The highest BCUT2D eigenvalue weighted by molar-refractivity contribution is 8.00. The van der Waals surface area contributed by atoms with E-state index in [4.69, 9.17) is 4.98 Å². The first-order valence-corrected chi connectivity index (χ1v) is 8.75. The van der Waals surface area contributed by atoms with Crippen LogP contribution < -0.4 is 10.6 Å². The van der Waals surface area contributed by atoms with Gasteiger partial charge in [0.2, 0.25) is 0 Å². The van der Waals surface area contributed by atoms with Gasteiger partial charge in [-0.05, 0) is 38.9 Å². The molecule has 4 nitrogen and oxygen atoms in total. The van der Waals surface area contributed by atoms with Crippen molar-refractivity contribution in [1.29, 1.82) is 0 Å². The van der Waals surface area contributed by atoms with Crippen LogP contribution in [0.3, 0.4) is 0 Å². The van der Waals surface area contributed by atoms with Gasteiger partial charge in [-0.25, -0.2) is 9.97 Å². The van der Waals surface area contributed by atoms with E-state index in [1.54, 1.807) is 0 Å². The molecule has 20 heavy (non-hydrogen) atoms. The molecule has 0 aliphatic heterocycles. The van der Waals surface area contributed by atoms with Gasteiger partial charge in [-0.2, -0.15) is 11.8 Å². The number of thioether (sulfide) groups is 1. The molecule has 110 valence electrons. The Kier molecular flexibility index (Phi) is 3.80. The van der Waals surface area contributed by atoms with E-state index in [0.29, 0.717) is 10.7 Å². The molecule has 0 spiro atoms. The second kappa shape index (κ2) is 5.43. The highest BCUT2D eigenvalue weighted by atomic mass is 32.2. The Morgan fingerprint density at radius 1 is 1.25 bits per heavy atom. The molecule has 5 heteroatoms. The maximum Gasteiger partial charge on any atom is 0.136 e. The number of aromatic nitrogens is 2. The van der Waals surface area contributed by atoms with Crippen LogP contribution in [0.15, 0.2) is 0 Å². The molecule has 0 bridgehead atoms. The van der Waals surface area contributed by atoms with Crippen LogP contribution >= 0.6 is 11.8 Å². The summed E-state index contributed by atoms with van der Waals surface area (Å²) in [6, 6.07) is 0. The first-order chi connectivity index (χ1) is 9.67. The molecule has 0 radical (unpaired) electrons. The van der Waals surface area contributed by atoms with Gasteiger partial charge in [0.1, 0.15) is 17.5 Å². The average Bonchev–Trinajstić information content (AvgIpc) is 3.24. The molecule has 0 aromatic carbocycles. The molecule has 0 amide bonds. The molecule has 1 heterocycles. The number of nitrogens with one attached hydrogen (secondary N) is 2. The normalized spacial score (nSPS) is 20.4. The zero-order valence-electron chi connectivity index (χ0n) is 12.6. The van der Waals surface area contributed by atoms with Gasteiger partial charge < -0.3 is 10.6 Å². The minimum atomic E-state index is 0.428. The second-order valence-electron chi connectivity index (χ2n) is 6.02. The third kappa shape index (κ3) is 2.60. The Morgan fingerprint density at radius 3 is 2.45 bits per heavy atom. The van der Waals surface area contributed by atoms with Crippen molar-refractivity contribution >= 4 is 23.4 Å². The minimum Gasteiger partial charge on any atom is -0.373 e. The summed E-state index contributed by atoms with van der Waals surface area (Å²) in [5.74, 6) is 3.58. The van der Waals surface area contributed by atoms with Crippen LogP contribution in [0.1, 0.15) is 49.4 Å². The Morgan fingerprint density at radius 2 is 1.95 bits per heavy atom. The molecule has 0 atom stereocenters. The molecule has 2 aliphatic rings. The lowest BCUT2D eigenvalue weighted by molar-refractivity contribution is 0.379. The van der Waals surface area contributed by atoms with Crippen LogP contribution in [0, 0.1) is 6.92 Å². The lowest BCUT2D eigenvalue weighted by Crippen LogP contribution is -2.40. The number of anilines is 2. The van der Waals surface area contributed by atoms with Crippen LogP contribution in [-0.4, -0.2) is 34.6 Å². The van der Waals surface area contributed by atoms with Crippen molar-refractivity contribution in [2.75, 3.05) is 30.5 Å². The molecule has 2 saturated carbocycles. The van der Waals surface area contributed by atoms with Crippen LogP contribution in [-0.2, 0) is 0 Å². The van der Waals surface area contributed by atoms with Crippen molar-refractivity contribution in [1.82, 2.24) is 9.97 Å². The molecule has 1 aromatic heterocycles.